The first-order chi connectivity index (χ1) is 14.0. The van der Waals surface area contributed by atoms with Gasteiger partial charge in [0.25, 0.3) is 5.91 Å². The molecule has 0 N–H and O–H groups in total. The Kier molecular flexibility index (Phi) is 5.90. The summed E-state index contributed by atoms with van der Waals surface area (Å²) in [5.74, 6) is 1.95. The molecule has 154 valence electrons. The number of nitrogens with zero attached hydrogens (tertiary/aromatic N) is 2. The fraction of sp³-hybridized carbons (Fsp3) is 0.478. The number of ether oxygens (including phenoxy) is 1. The van der Waals surface area contributed by atoms with Gasteiger partial charge in [-0.15, -0.1) is 11.3 Å². The zero-order valence-corrected chi connectivity index (χ0v) is 17.9. The first kappa shape index (κ1) is 20.0. The molecule has 29 heavy (non-hydrogen) atoms. The lowest BCUT2D eigenvalue weighted by atomic mass is 10.0. The van der Waals surface area contributed by atoms with Gasteiger partial charge in [0.15, 0.2) is 6.61 Å². The van der Waals surface area contributed by atoms with Gasteiger partial charge >= 0.3 is 0 Å². The molecule has 2 atom stereocenters. The van der Waals surface area contributed by atoms with Crippen molar-refractivity contribution in [3.8, 4) is 5.75 Å². The Balaban J connectivity index is 1.21. The quantitative estimate of drug-likeness (QED) is 0.727. The van der Waals surface area contributed by atoms with E-state index < -0.39 is 0 Å². The molecule has 5 nitrogen and oxygen atoms in total. The monoisotopic (exact) mass is 412 g/mol. The molecule has 4 rings (SSSR count). The van der Waals surface area contributed by atoms with Crippen LogP contribution in [-0.2, 0) is 9.59 Å². The average molecular weight is 413 g/mol. The van der Waals surface area contributed by atoms with Crippen LogP contribution in [0.4, 0.5) is 0 Å². The minimum atomic E-state index is -0.0204. The molecule has 1 aromatic heterocycles. The summed E-state index contributed by atoms with van der Waals surface area (Å²) in [4.78, 5) is 30.2. The molecule has 2 unspecified atom stereocenters. The van der Waals surface area contributed by atoms with E-state index >= 15 is 0 Å². The van der Waals surface area contributed by atoms with Gasteiger partial charge in [0.1, 0.15) is 5.75 Å². The molecule has 1 saturated heterocycles. The van der Waals surface area contributed by atoms with Crippen LogP contribution in [0.2, 0.25) is 0 Å². The number of hydrogen-bond acceptors (Lipinski definition) is 4. The molecular weight excluding hydrogens is 384 g/mol. The van der Waals surface area contributed by atoms with Crippen molar-refractivity contribution in [2.24, 2.45) is 5.92 Å². The largest absolute Gasteiger partial charge is 0.484 e. The number of amides is 2. The highest BCUT2D eigenvalue weighted by Crippen LogP contribution is 2.50. The Morgan fingerprint density at radius 3 is 2.38 bits per heavy atom. The third-order valence-electron chi connectivity index (χ3n) is 5.87. The summed E-state index contributed by atoms with van der Waals surface area (Å²) in [6.45, 7) is 6.72. The first-order valence-electron chi connectivity index (χ1n) is 10.4. The second kappa shape index (κ2) is 8.57. The van der Waals surface area contributed by atoms with Gasteiger partial charge in [0.2, 0.25) is 5.91 Å². The van der Waals surface area contributed by atoms with Gasteiger partial charge in [-0.3, -0.25) is 9.59 Å². The zero-order valence-electron chi connectivity index (χ0n) is 17.0. The summed E-state index contributed by atoms with van der Waals surface area (Å²) in [7, 11) is 0. The summed E-state index contributed by atoms with van der Waals surface area (Å²) >= 11 is 1.73. The Hall–Kier alpha value is -2.34. The second-order valence-electron chi connectivity index (χ2n) is 8.18. The van der Waals surface area contributed by atoms with E-state index in [2.05, 4.69) is 25.3 Å². The van der Waals surface area contributed by atoms with E-state index in [9.17, 15) is 9.59 Å². The Morgan fingerprint density at radius 1 is 1.07 bits per heavy atom. The summed E-state index contributed by atoms with van der Waals surface area (Å²) < 4.78 is 5.66. The molecule has 0 radical (unpaired) electrons. The normalized spacial score (nSPS) is 21.3. The molecule has 2 amide bonds. The maximum Gasteiger partial charge on any atom is 0.260 e. The SMILES string of the molecule is CC(C)c1ccc(OCC(=O)N2CCN(C(=O)C3CC3c3cccs3)CC2)cc1. The van der Waals surface area contributed by atoms with Crippen LogP contribution in [0.1, 0.15) is 42.5 Å². The van der Waals surface area contributed by atoms with Crippen molar-refractivity contribution in [1.82, 2.24) is 9.80 Å². The van der Waals surface area contributed by atoms with Gasteiger partial charge in [0.05, 0.1) is 0 Å². The lowest BCUT2D eigenvalue weighted by Crippen LogP contribution is -2.52. The van der Waals surface area contributed by atoms with Crippen molar-refractivity contribution in [2.45, 2.75) is 32.1 Å². The number of thiophene rings is 1. The van der Waals surface area contributed by atoms with E-state index in [-0.39, 0.29) is 24.3 Å². The van der Waals surface area contributed by atoms with Crippen molar-refractivity contribution < 1.29 is 14.3 Å². The van der Waals surface area contributed by atoms with Crippen LogP contribution in [0, 0.1) is 5.92 Å². The predicted octanol–water partition coefficient (Wildman–Crippen LogP) is 3.72. The highest BCUT2D eigenvalue weighted by molar-refractivity contribution is 7.10. The summed E-state index contributed by atoms with van der Waals surface area (Å²) in [5, 5.41) is 2.07. The maximum atomic E-state index is 12.7. The second-order valence-corrected chi connectivity index (χ2v) is 9.16. The number of carbonyl (C=O) groups excluding carboxylic acids is 2. The van der Waals surface area contributed by atoms with Crippen molar-refractivity contribution in [3.63, 3.8) is 0 Å². The van der Waals surface area contributed by atoms with Crippen LogP contribution < -0.4 is 4.74 Å². The van der Waals surface area contributed by atoms with E-state index in [1.54, 1.807) is 16.2 Å². The van der Waals surface area contributed by atoms with Crippen LogP contribution in [0.3, 0.4) is 0 Å². The van der Waals surface area contributed by atoms with Gasteiger partial charge in [-0.25, -0.2) is 0 Å². The van der Waals surface area contributed by atoms with E-state index in [0.717, 1.165) is 6.42 Å². The van der Waals surface area contributed by atoms with Crippen LogP contribution in [-0.4, -0.2) is 54.4 Å². The predicted molar refractivity (Wildman–Crippen MR) is 114 cm³/mol. The summed E-state index contributed by atoms with van der Waals surface area (Å²) in [6, 6.07) is 12.1. The number of hydrogen-bond donors (Lipinski definition) is 0. The molecule has 2 heterocycles. The maximum absolute atomic E-state index is 12.7. The van der Waals surface area contributed by atoms with Gasteiger partial charge in [-0.2, -0.15) is 0 Å². The van der Waals surface area contributed by atoms with Crippen LogP contribution in [0.15, 0.2) is 41.8 Å². The fourth-order valence-electron chi connectivity index (χ4n) is 3.88. The highest BCUT2D eigenvalue weighted by atomic mass is 32.1. The molecule has 2 fully saturated rings. The highest BCUT2D eigenvalue weighted by Gasteiger charge is 2.46. The fourth-order valence-corrected chi connectivity index (χ4v) is 4.79. The molecular formula is C23H28N2O3S. The van der Waals surface area contributed by atoms with Crippen LogP contribution in [0.25, 0.3) is 0 Å². The lowest BCUT2D eigenvalue weighted by Gasteiger charge is -2.35. The molecule has 0 spiro atoms. The van der Waals surface area contributed by atoms with E-state index in [1.165, 1.54) is 10.4 Å². The van der Waals surface area contributed by atoms with E-state index in [0.29, 0.717) is 43.8 Å². The van der Waals surface area contributed by atoms with E-state index in [4.69, 9.17) is 4.74 Å². The molecule has 2 aliphatic rings. The summed E-state index contributed by atoms with van der Waals surface area (Å²) in [6.07, 6.45) is 0.960. The van der Waals surface area contributed by atoms with Gasteiger partial charge in [-0.05, 0) is 41.5 Å². The van der Waals surface area contributed by atoms with Crippen LogP contribution >= 0.6 is 11.3 Å². The number of piperazine rings is 1. The molecule has 1 aliphatic heterocycles. The minimum absolute atomic E-state index is 0.0204. The van der Waals surface area contributed by atoms with Gasteiger partial charge in [0, 0.05) is 42.9 Å². The molecule has 1 aromatic carbocycles. The van der Waals surface area contributed by atoms with Gasteiger partial charge in [-0.1, -0.05) is 32.0 Å². The summed E-state index contributed by atoms with van der Waals surface area (Å²) in [5.41, 5.74) is 1.25. The Morgan fingerprint density at radius 2 is 1.76 bits per heavy atom. The van der Waals surface area contributed by atoms with Crippen molar-refractivity contribution >= 4 is 23.2 Å². The van der Waals surface area contributed by atoms with Gasteiger partial charge < -0.3 is 14.5 Å². The molecule has 0 bridgehead atoms. The van der Waals surface area contributed by atoms with Crippen molar-refractivity contribution in [1.29, 1.82) is 0 Å². The first-order valence-corrected chi connectivity index (χ1v) is 11.2. The molecule has 1 aliphatic carbocycles. The minimum Gasteiger partial charge on any atom is -0.484 e. The number of benzene rings is 1. The topological polar surface area (TPSA) is 49.9 Å². The van der Waals surface area contributed by atoms with E-state index in [1.807, 2.05) is 35.2 Å². The third-order valence-corrected chi connectivity index (χ3v) is 6.87. The Bertz CT molecular complexity index is 840. The third kappa shape index (κ3) is 4.64. The number of rotatable bonds is 6. The lowest BCUT2D eigenvalue weighted by molar-refractivity contribution is -0.141. The molecule has 1 saturated carbocycles. The zero-order chi connectivity index (χ0) is 20.4. The Labute approximate surface area is 176 Å². The van der Waals surface area contributed by atoms with Crippen LogP contribution in [0.5, 0.6) is 5.75 Å². The average Bonchev–Trinajstić information content (AvgIpc) is 3.36. The molecule has 6 heteroatoms. The smallest absolute Gasteiger partial charge is 0.260 e. The van der Waals surface area contributed by atoms with Crippen molar-refractivity contribution in [3.05, 3.63) is 52.2 Å². The molecule has 2 aromatic rings. The number of carbonyl (C=O) groups is 2. The standard InChI is InChI=1S/C23H28N2O3S/c1-16(2)17-5-7-18(8-6-17)28-15-22(26)24-9-11-25(12-10-24)23(27)20-14-19(20)21-4-3-13-29-21/h3-8,13,16,19-20H,9-12,14-15H2,1-2H3. The van der Waals surface area contributed by atoms with Crippen molar-refractivity contribution in [2.75, 3.05) is 32.8 Å².